The average Bonchev–Trinajstić information content (AvgIpc) is 2.74. The number of hydrogen-bond donors (Lipinski definition) is 1. The van der Waals surface area contributed by atoms with E-state index in [4.69, 9.17) is 23.2 Å². The Morgan fingerprint density at radius 1 is 1.10 bits per heavy atom. The number of rotatable bonds is 11. The molecule has 0 bridgehead atoms. The fourth-order valence-electron chi connectivity index (χ4n) is 3.29. The smallest absolute Gasteiger partial charge is 0.242 e. The zero-order valence-electron chi connectivity index (χ0n) is 18.3. The summed E-state index contributed by atoms with van der Waals surface area (Å²) in [6.45, 7) is 6.95. The fourth-order valence-corrected chi connectivity index (χ4v) is 4.93. The van der Waals surface area contributed by atoms with Gasteiger partial charge in [0, 0.05) is 28.9 Å². The van der Waals surface area contributed by atoms with Crippen molar-refractivity contribution in [2.45, 2.75) is 52.0 Å². The van der Waals surface area contributed by atoms with E-state index in [1.807, 2.05) is 45.0 Å². The minimum Gasteiger partial charge on any atom is -0.354 e. The van der Waals surface area contributed by atoms with Crippen LogP contribution in [0.25, 0.3) is 0 Å². The lowest BCUT2D eigenvalue weighted by Gasteiger charge is -2.30. The Morgan fingerprint density at radius 2 is 1.77 bits per heavy atom. The lowest BCUT2D eigenvalue weighted by Crippen LogP contribution is -2.49. The molecule has 0 aliphatic rings. The van der Waals surface area contributed by atoms with Crippen molar-refractivity contribution in [3.05, 3.63) is 69.2 Å². The second-order valence-corrected chi connectivity index (χ2v) is 9.22. The normalized spacial score (nSPS) is 11.8. The highest BCUT2D eigenvalue weighted by molar-refractivity contribution is 7.99. The molecule has 0 unspecified atom stereocenters. The highest BCUT2D eigenvalue weighted by atomic mass is 35.5. The third-order valence-corrected chi connectivity index (χ3v) is 6.56. The zero-order valence-corrected chi connectivity index (χ0v) is 20.6. The summed E-state index contributed by atoms with van der Waals surface area (Å²) in [4.78, 5) is 27.7. The maximum absolute atomic E-state index is 13.2. The Kier molecular flexibility index (Phi) is 10.7. The first-order valence-corrected chi connectivity index (χ1v) is 12.4. The fraction of sp³-hybridized carbons (Fsp3) is 0.417. The maximum Gasteiger partial charge on any atom is 0.242 e. The van der Waals surface area contributed by atoms with Crippen LogP contribution in [-0.4, -0.2) is 35.1 Å². The summed E-state index contributed by atoms with van der Waals surface area (Å²) in [5.74, 6) is 0.587. The number of aryl methyl sites for hydroxylation is 1. The first kappa shape index (κ1) is 25.6. The minimum absolute atomic E-state index is 0.0758. The number of carbonyl (C=O) groups excluding carboxylic acids is 2. The Bertz CT molecular complexity index is 871. The first-order valence-electron chi connectivity index (χ1n) is 10.5. The number of nitrogens with zero attached hydrogens (tertiary/aromatic N) is 1. The summed E-state index contributed by atoms with van der Waals surface area (Å²) in [6.07, 6.45) is 1.40. The molecular weight excluding hydrogens is 451 g/mol. The van der Waals surface area contributed by atoms with Gasteiger partial charge in [-0.3, -0.25) is 9.59 Å². The summed E-state index contributed by atoms with van der Waals surface area (Å²) < 4.78 is 0. The van der Waals surface area contributed by atoms with Crippen molar-refractivity contribution < 1.29 is 9.59 Å². The van der Waals surface area contributed by atoms with Gasteiger partial charge in [0.1, 0.15) is 6.04 Å². The van der Waals surface area contributed by atoms with E-state index in [9.17, 15) is 9.59 Å². The van der Waals surface area contributed by atoms with Crippen LogP contribution in [0.3, 0.4) is 0 Å². The van der Waals surface area contributed by atoms with Crippen LogP contribution in [0.4, 0.5) is 0 Å². The maximum atomic E-state index is 13.2. The number of hydrogen-bond acceptors (Lipinski definition) is 3. The molecular formula is C24H30Cl2N2O2S. The van der Waals surface area contributed by atoms with Gasteiger partial charge in [0.15, 0.2) is 0 Å². The number of halogens is 2. The summed E-state index contributed by atoms with van der Waals surface area (Å²) in [7, 11) is 0. The van der Waals surface area contributed by atoms with E-state index in [0.717, 1.165) is 23.1 Å². The van der Waals surface area contributed by atoms with E-state index in [-0.39, 0.29) is 17.6 Å². The largest absolute Gasteiger partial charge is 0.354 e. The van der Waals surface area contributed by atoms with Crippen LogP contribution in [0.15, 0.2) is 42.5 Å². The van der Waals surface area contributed by atoms with Crippen molar-refractivity contribution in [3.8, 4) is 0 Å². The Balaban J connectivity index is 2.15. The van der Waals surface area contributed by atoms with Crippen LogP contribution >= 0.6 is 35.0 Å². The van der Waals surface area contributed by atoms with Gasteiger partial charge in [0.2, 0.25) is 11.8 Å². The molecule has 0 fully saturated rings. The van der Waals surface area contributed by atoms with Crippen molar-refractivity contribution in [1.82, 2.24) is 10.2 Å². The molecule has 2 aromatic carbocycles. The van der Waals surface area contributed by atoms with Gasteiger partial charge in [0.25, 0.3) is 0 Å². The van der Waals surface area contributed by atoms with Gasteiger partial charge in [-0.1, -0.05) is 72.9 Å². The van der Waals surface area contributed by atoms with E-state index in [1.165, 1.54) is 11.8 Å². The summed E-state index contributed by atoms with van der Waals surface area (Å²) in [6, 6.07) is 12.9. The molecule has 1 N–H and O–H groups in total. The molecule has 31 heavy (non-hydrogen) atoms. The lowest BCUT2D eigenvalue weighted by atomic mass is 10.1. The molecule has 0 aliphatic heterocycles. The van der Waals surface area contributed by atoms with Crippen LogP contribution in [0, 0.1) is 6.92 Å². The monoisotopic (exact) mass is 480 g/mol. The van der Waals surface area contributed by atoms with E-state index in [0.29, 0.717) is 35.3 Å². The van der Waals surface area contributed by atoms with Crippen molar-refractivity contribution in [2.75, 3.05) is 12.3 Å². The summed E-state index contributed by atoms with van der Waals surface area (Å²) >= 11 is 13.9. The minimum atomic E-state index is -0.510. The Morgan fingerprint density at radius 3 is 2.39 bits per heavy atom. The topological polar surface area (TPSA) is 49.4 Å². The van der Waals surface area contributed by atoms with E-state index in [1.54, 1.807) is 23.1 Å². The predicted molar refractivity (Wildman–Crippen MR) is 132 cm³/mol. The third kappa shape index (κ3) is 7.74. The standard InChI is InChI=1S/C24H30Cl2N2O2S/c1-4-12-27-24(30)22(5-2)28(14-18-9-6-8-17(3)13-18)23(29)16-31-15-19-20(25)10-7-11-21(19)26/h6-11,13,22H,4-5,12,14-16H2,1-3H3,(H,27,30)/t22-/m0/s1. The molecule has 2 amide bonds. The van der Waals surface area contributed by atoms with Gasteiger partial charge in [-0.25, -0.2) is 0 Å². The molecule has 0 heterocycles. The number of nitrogens with one attached hydrogen (secondary N) is 1. The van der Waals surface area contributed by atoms with Gasteiger partial charge < -0.3 is 10.2 Å². The quantitative estimate of drug-likeness (QED) is 0.437. The molecule has 0 radical (unpaired) electrons. The molecule has 0 aliphatic carbocycles. The highest BCUT2D eigenvalue weighted by Crippen LogP contribution is 2.28. The molecule has 0 spiro atoms. The van der Waals surface area contributed by atoms with Crippen molar-refractivity contribution >= 4 is 46.8 Å². The molecule has 1 atom stereocenters. The molecule has 0 aromatic heterocycles. The second-order valence-electron chi connectivity index (χ2n) is 7.42. The van der Waals surface area contributed by atoms with Crippen LogP contribution in [0.2, 0.25) is 10.0 Å². The van der Waals surface area contributed by atoms with Gasteiger partial charge in [0.05, 0.1) is 5.75 Å². The van der Waals surface area contributed by atoms with E-state index in [2.05, 4.69) is 5.32 Å². The van der Waals surface area contributed by atoms with Crippen molar-refractivity contribution in [2.24, 2.45) is 0 Å². The summed E-state index contributed by atoms with van der Waals surface area (Å²) in [5, 5.41) is 4.12. The van der Waals surface area contributed by atoms with Gasteiger partial charge in [-0.2, -0.15) is 0 Å². The molecule has 2 rings (SSSR count). The third-order valence-electron chi connectivity index (χ3n) is 4.90. The molecule has 0 saturated carbocycles. The van der Waals surface area contributed by atoms with Gasteiger partial charge in [-0.05, 0) is 43.0 Å². The van der Waals surface area contributed by atoms with Gasteiger partial charge in [-0.15, -0.1) is 11.8 Å². The van der Waals surface area contributed by atoms with Crippen molar-refractivity contribution in [1.29, 1.82) is 0 Å². The molecule has 2 aromatic rings. The number of thioether (sulfide) groups is 1. The molecule has 0 saturated heterocycles. The Hall–Kier alpha value is -1.69. The van der Waals surface area contributed by atoms with Gasteiger partial charge >= 0.3 is 0 Å². The number of amides is 2. The SMILES string of the molecule is CCCNC(=O)[C@H](CC)N(Cc1cccc(C)c1)C(=O)CSCc1c(Cl)cccc1Cl. The highest BCUT2D eigenvalue weighted by Gasteiger charge is 2.28. The molecule has 168 valence electrons. The van der Waals surface area contributed by atoms with Crippen LogP contribution in [0.1, 0.15) is 43.4 Å². The average molecular weight is 481 g/mol. The number of benzene rings is 2. The van der Waals surface area contributed by atoms with Crippen LogP contribution in [0.5, 0.6) is 0 Å². The second kappa shape index (κ2) is 13.0. The first-order chi connectivity index (χ1) is 14.9. The van der Waals surface area contributed by atoms with Crippen LogP contribution < -0.4 is 5.32 Å². The Labute approximate surface area is 199 Å². The predicted octanol–water partition coefficient (Wildman–Crippen LogP) is 5.87. The van der Waals surface area contributed by atoms with E-state index >= 15 is 0 Å². The lowest BCUT2D eigenvalue weighted by molar-refractivity contribution is -0.139. The van der Waals surface area contributed by atoms with E-state index < -0.39 is 6.04 Å². The molecule has 7 heteroatoms. The number of carbonyl (C=O) groups is 2. The van der Waals surface area contributed by atoms with Crippen molar-refractivity contribution in [3.63, 3.8) is 0 Å². The van der Waals surface area contributed by atoms with Crippen LogP contribution in [-0.2, 0) is 21.9 Å². The molecule has 4 nitrogen and oxygen atoms in total. The zero-order chi connectivity index (χ0) is 22.8. The summed E-state index contributed by atoms with van der Waals surface area (Å²) in [5.41, 5.74) is 2.95.